The Kier molecular flexibility index (Phi) is 12.0. The number of hydrogen-bond donors (Lipinski definition) is 3. The van der Waals surface area contributed by atoms with E-state index < -0.39 is 0 Å². The second-order valence-electron chi connectivity index (χ2n) is 6.85. The van der Waals surface area contributed by atoms with Crippen molar-refractivity contribution in [2.24, 2.45) is 4.99 Å². The first kappa shape index (κ1) is 24.6. The second kappa shape index (κ2) is 13.7. The number of hydrogen-bond acceptors (Lipinski definition) is 5. The van der Waals surface area contributed by atoms with Gasteiger partial charge in [0.05, 0.1) is 11.4 Å². The summed E-state index contributed by atoms with van der Waals surface area (Å²) in [7, 11) is 0. The summed E-state index contributed by atoms with van der Waals surface area (Å²) in [5, 5.41) is 7.13. The molecule has 1 aliphatic rings. The fourth-order valence-corrected chi connectivity index (χ4v) is 3.76. The molecule has 5 nitrogen and oxygen atoms in total. The number of aliphatic imine (C=N–C) groups is 1. The van der Waals surface area contributed by atoms with Crippen LogP contribution in [-0.4, -0.2) is 28.5 Å². The van der Waals surface area contributed by atoms with Gasteiger partial charge in [-0.2, -0.15) is 5.10 Å². The van der Waals surface area contributed by atoms with Crippen LogP contribution >= 0.6 is 12.1 Å². The first-order valence-electron chi connectivity index (χ1n) is 10.3. The molecule has 1 aliphatic carbocycles. The molecule has 0 saturated heterocycles. The van der Waals surface area contributed by atoms with Crippen LogP contribution in [0.4, 0.5) is 4.39 Å². The van der Waals surface area contributed by atoms with Gasteiger partial charge in [0.1, 0.15) is 5.69 Å². The molecule has 1 saturated carbocycles. The number of allylic oxidation sites excluding steroid dienone is 2. The largest absolute Gasteiger partial charge is 0.279 e. The van der Waals surface area contributed by atoms with Gasteiger partial charge in [-0.15, -0.1) is 0 Å². The molecule has 3 N–H and O–H groups in total. The highest BCUT2D eigenvalue weighted by Gasteiger charge is 2.28. The minimum atomic E-state index is -0.266. The van der Waals surface area contributed by atoms with Gasteiger partial charge in [0.2, 0.25) is 0 Å². The van der Waals surface area contributed by atoms with Crippen LogP contribution in [0.5, 0.6) is 0 Å². The fourth-order valence-electron chi connectivity index (χ4n) is 3.05. The Balaban J connectivity index is 0.00000190. The normalized spacial score (nSPS) is 20.3. The third kappa shape index (κ3) is 7.53. The molecule has 158 valence electrons. The van der Waals surface area contributed by atoms with Gasteiger partial charge in [0.15, 0.2) is 5.82 Å². The predicted molar refractivity (Wildman–Crippen MR) is 121 cm³/mol. The molecule has 0 unspecified atom stereocenters. The lowest BCUT2D eigenvalue weighted by Crippen LogP contribution is -2.32. The first-order chi connectivity index (χ1) is 13.6. The molecule has 0 atom stereocenters. The number of nitrogens with zero attached hydrogens (tertiary/aromatic N) is 2. The van der Waals surface area contributed by atoms with E-state index in [0.29, 0.717) is 29.2 Å². The Labute approximate surface area is 174 Å². The van der Waals surface area contributed by atoms with E-state index in [-0.39, 0.29) is 11.7 Å². The summed E-state index contributed by atoms with van der Waals surface area (Å²) in [6, 6.07) is 0.899. The van der Waals surface area contributed by atoms with Crippen molar-refractivity contribution in [2.75, 3.05) is 0 Å². The monoisotopic (exact) mass is 409 g/mol. The smallest absolute Gasteiger partial charge is 0.173 e. The summed E-state index contributed by atoms with van der Waals surface area (Å²) in [6.07, 6.45) is 9.73. The van der Waals surface area contributed by atoms with E-state index >= 15 is 0 Å². The van der Waals surface area contributed by atoms with Crippen LogP contribution in [0.15, 0.2) is 23.7 Å². The maximum absolute atomic E-state index is 14.9. The molecule has 7 heteroatoms. The van der Waals surface area contributed by atoms with Crippen molar-refractivity contribution in [3.8, 4) is 0 Å². The zero-order chi connectivity index (χ0) is 20.9. The van der Waals surface area contributed by atoms with Crippen molar-refractivity contribution in [1.29, 1.82) is 0 Å². The van der Waals surface area contributed by atoms with E-state index in [0.717, 1.165) is 32.1 Å². The van der Waals surface area contributed by atoms with Crippen LogP contribution in [0.1, 0.15) is 84.0 Å². The van der Waals surface area contributed by atoms with Crippen LogP contribution in [0.3, 0.4) is 0 Å². The maximum Gasteiger partial charge on any atom is 0.173 e. The number of halogens is 1. The minimum Gasteiger partial charge on any atom is -0.279 e. The number of rotatable bonds is 9. The van der Waals surface area contributed by atoms with Crippen molar-refractivity contribution < 1.29 is 4.39 Å². The molecule has 2 rings (SSSR count). The van der Waals surface area contributed by atoms with Gasteiger partial charge in [-0.1, -0.05) is 39.5 Å². The van der Waals surface area contributed by atoms with E-state index in [1.807, 2.05) is 26.8 Å². The van der Waals surface area contributed by atoms with E-state index in [9.17, 15) is 4.39 Å². The maximum atomic E-state index is 14.9. The highest BCUT2D eigenvalue weighted by atomic mass is 32.2. The summed E-state index contributed by atoms with van der Waals surface area (Å²) in [5.41, 5.74) is 1.47. The van der Waals surface area contributed by atoms with E-state index in [1.165, 1.54) is 0 Å². The Morgan fingerprint density at radius 3 is 2.61 bits per heavy atom. The highest BCUT2D eigenvalue weighted by Crippen LogP contribution is 2.35. The Bertz CT molecular complexity index is 631. The molecule has 1 aromatic rings. The zero-order valence-electron chi connectivity index (χ0n) is 17.9. The summed E-state index contributed by atoms with van der Waals surface area (Å²) in [5.74, 6) is -0.0817. The lowest BCUT2D eigenvalue weighted by Gasteiger charge is -2.28. The van der Waals surface area contributed by atoms with Crippen LogP contribution in [-0.2, 0) is 0 Å². The second-order valence-corrected chi connectivity index (χ2v) is 7.53. The average Bonchev–Trinajstić information content (AvgIpc) is 3.08. The summed E-state index contributed by atoms with van der Waals surface area (Å²) < 4.78 is 21.7. The fraction of sp³-hybridized carbons (Fsp3) is 0.619. The van der Waals surface area contributed by atoms with Crippen LogP contribution < -0.4 is 9.44 Å². The van der Waals surface area contributed by atoms with E-state index in [4.69, 9.17) is 0 Å². The van der Waals surface area contributed by atoms with Gasteiger partial charge in [-0.05, 0) is 46.0 Å². The van der Waals surface area contributed by atoms with Crippen molar-refractivity contribution >= 4 is 24.0 Å². The molecule has 0 spiro atoms. The molecule has 0 aromatic carbocycles. The highest BCUT2D eigenvalue weighted by molar-refractivity contribution is 7.95. The van der Waals surface area contributed by atoms with E-state index in [1.54, 1.807) is 24.4 Å². The molecule has 0 aliphatic heterocycles. The minimum absolute atomic E-state index is 0.184. The molecule has 0 radical (unpaired) electrons. The first-order valence-corrected chi connectivity index (χ1v) is 11.1. The van der Waals surface area contributed by atoms with Crippen LogP contribution in [0, 0.1) is 5.82 Å². The number of aromatic nitrogens is 2. The molecule has 1 aromatic heterocycles. The van der Waals surface area contributed by atoms with Gasteiger partial charge in [0, 0.05) is 36.4 Å². The van der Waals surface area contributed by atoms with Gasteiger partial charge in [0.25, 0.3) is 0 Å². The summed E-state index contributed by atoms with van der Waals surface area (Å²) in [6.45, 7) is 13.8. The SMILES string of the molecule is C=CC=N/C(=C/CC)c1n[nH]c(C2CCC(NSNC(C)C)CC2)c1F.CC. The van der Waals surface area contributed by atoms with Gasteiger partial charge in [-0.25, -0.2) is 13.8 Å². The third-order valence-electron chi connectivity index (χ3n) is 4.35. The Morgan fingerprint density at radius 2 is 2.04 bits per heavy atom. The third-order valence-corrected chi connectivity index (χ3v) is 5.39. The molecular weight excluding hydrogens is 373 g/mol. The van der Waals surface area contributed by atoms with Crippen molar-refractivity contribution in [3.05, 3.63) is 35.9 Å². The molecule has 0 amide bonds. The average molecular weight is 410 g/mol. The summed E-state index contributed by atoms with van der Waals surface area (Å²) >= 11 is 1.56. The van der Waals surface area contributed by atoms with Crippen molar-refractivity contribution in [3.63, 3.8) is 0 Å². The lowest BCUT2D eigenvalue weighted by atomic mass is 9.84. The standard InChI is InChI=1S/C19H30FN5S.C2H6/c1-5-7-16(21-12-6-2)19-17(20)18(22-23-19)14-8-10-15(11-9-14)25-26-24-13(3)4;1-2/h6-7,12-15,24-25H,2,5,8-11H2,1,3-4H3,(H,22,23);1-2H3/b16-7+,21-12?;. The number of aromatic amines is 1. The van der Waals surface area contributed by atoms with Crippen LogP contribution in [0.2, 0.25) is 0 Å². The zero-order valence-corrected chi connectivity index (χ0v) is 18.7. The molecule has 28 heavy (non-hydrogen) atoms. The Hall–Kier alpha value is -1.44. The van der Waals surface area contributed by atoms with Crippen molar-refractivity contribution in [1.82, 2.24) is 19.6 Å². The van der Waals surface area contributed by atoms with E-state index in [2.05, 4.69) is 45.1 Å². The molecular formula is C21H36FN5S. The molecule has 1 heterocycles. The Morgan fingerprint density at radius 1 is 1.36 bits per heavy atom. The van der Waals surface area contributed by atoms with Crippen molar-refractivity contribution in [2.45, 2.75) is 84.7 Å². The molecule has 0 bridgehead atoms. The lowest BCUT2D eigenvalue weighted by molar-refractivity contribution is 0.369. The van der Waals surface area contributed by atoms with Crippen LogP contribution in [0.25, 0.3) is 5.70 Å². The molecule has 1 fully saturated rings. The number of H-pyrrole nitrogens is 1. The predicted octanol–water partition coefficient (Wildman–Crippen LogP) is 5.76. The quantitative estimate of drug-likeness (QED) is 0.358. The number of nitrogens with one attached hydrogen (secondary N) is 3. The van der Waals surface area contributed by atoms with Gasteiger partial charge >= 0.3 is 0 Å². The topological polar surface area (TPSA) is 65.1 Å². The summed E-state index contributed by atoms with van der Waals surface area (Å²) in [4.78, 5) is 4.26. The van der Waals surface area contributed by atoms with Gasteiger partial charge < -0.3 is 0 Å². The van der Waals surface area contributed by atoms with Gasteiger partial charge in [-0.3, -0.25) is 10.1 Å².